The largest absolute Gasteiger partial charge is 0.353 e. The van der Waals surface area contributed by atoms with Crippen molar-refractivity contribution in [1.29, 1.82) is 0 Å². The third-order valence-electron chi connectivity index (χ3n) is 3.88. The van der Waals surface area contributed by atoms with Crippen molar-refractivity contribution in [3.63, 3.8) is 0 Å². The highest BCUT2D eigenvalue weighted by atomic mass is 35.5. The normalized spacial score (nSPS) is 15.5. The maximum atomic E-state index is 6.22. The lowest BCUT2D eigenvalue weighted by atomic mass is 10.3. The van der Waals surface area contributed by atoms with Crippen LogP contribution in [-0.4, -0.2) is 36.1 Å². The molecule has 3 heterocycles. The van der Waals surface area contributed by atoms with Gasteiger partial charge in [0, 0.05) is 32.4 Å². The first-order valence-corrected chi connectivity index (χ1v) is 8.47. The number of rotatable bonds is 2. The van der Waals surface area contributed by atoms with Crippen LogP contribution in [0.5, 0.6) is 0 Å². The van der Waals surface area contributed by atoms with Gasteiger partial charge in [0.25, 0.3) is 0 Å². The van der Waals surface area contributed by atoms with Crippen LogP contribution in [0.1, 0.15) is 0 Å². The van der Waals surface area contributed by atoms with E-state index in [0.29, 0.717) is 0 Å². The van der Waals surface area contributed by atoms with Crippen molar-refractivity contribution in [2.75, 3.05) is 36.0 Å². The summed E-state index contributed by atoms with van der Waals surface area (Å²) < 4.78 is 1.15. The van der Waals surface area contributed by atoms with Gasteiger partial charge >= 0.3 is 0 Å². The van der Waals surface area contributed by atoms with E-state index in [-0.39, 0.29) is 0 Å². The van der Waals surface area contributed by atoms with Crippen LogP contribution in [0.2, 0.25) is 5.02 Å². The van der Waals surface area contributed by atoms with Crippen LogP contribution in [-0.2, 0) is 0 Å². The van der Waals surface area contributed by atoms with Gasteiger partial charge in [-0.25, -0.2) is 9.97 Å². The molecule has 0 amide bonds. The molecular weight excluding hydrogens is 316 g/mol. The van der Waals surface area contributed by atoms with Crippen molar-refractivity contribution in [3.8, 4) is 0 Å². The number of pyridine rings is 1. The Bertz CT molecular complexity index is 781. The summed E-state index contributed by atoms with van der Waals surface area (Å²) in [5, 5.41) is 1.79. The molecule has 0 N–H and O–H groups in total. The Morgan fingerprint density at radius 2 is 1.77 bits per heavy atom. The second-order valence-corrected chi connectivity index (χ2v) is 6.66. The highest BCUT2D eigenvalue weighted by Gasteiger charge is 2.20. The molecule has 0 aliphatic carbocycles. The van der Waals surface area contributed by atoms with E-state index >= 15 is 0 Å². The third-order valence-corrected chi connectivity index (χ3v) is 5.27. The number of para-hydroxylation sites is 1. The molecule has 22 heavy (non-hydrogen) atoms. The van der Waals surface area contributed by atoms with Crippen LogP contribution in [0.3, 0.4) is 0 Å². The summed E-state index contributed by atoms with van der Waals surface area (Å²) in [4.78, 5) is 13.8. The molecular formula is C16H15ClN4S. The van der Waals surface area contributed by atoms with E-state index in [0.717, 1.165) is 52.4 Å². The molecule has 0 saturated carbocycles. The van der Waals surface area contributed by atoms with E-state index < -0.39 is 0 Å². The standard InChI is InChI=1S/C16H15ClN4S/c17-12-4-3-5-13-15(12)19-16(22-13)21-10-8-20(9-11-21)14-6-1-2-7-18-14/h1-7H,8-11H2. The number of thiazole rings is 1. The average Bonchev–Trinajstić information content (AvgIpc) is 3.02. The van der Waals surface area contributed by atoms with Gasteiger partial charge < -0.3 is 9.80 Å². The number of piperazine rings is 1. The Morgan fingerprint density at radius 3 is 2.50 bits per heavy atom. The first-order valence-electron chi connectivity index (χ1n) is 7.27. The molecule has 4 nitrogen and oxygen atoms in total. The van der Waals surface area contributed by atoms with Gasteiger partial charge in [-0.2, -0.15) is 0 Å². The van der Waals surface area contributed by atoms with Crippen LogP contribution in [0.25, 0.3) is 10.2 Å². The van der Waals surface area contributed by atoms with Gasteiger partial charge in [-0.05, 0) is 24.3 Å². The molecule has 1 saturated heterocycles. The van der Waals surface area contributed by atoms with Crippen LogP contribution in [0.15, 0.2) is 42.6 Å². The third kappa shape index (κ3) is 2.51. The molecule has 0 spiro atoms. The molecule has 0 bridgehead atoms. The van der Waals surface area contributed by atoms with Gasteiger partial charge in [0.15, 0.2) is 5.13 Å². The van der Waals surface area contributed by atoms with Gasteiger partial charge in [0.05, 0.1) is 9.72 Å². The van der Waals surface area contributed by atoms with E-state index in [4.69, 9.17) is 16.6 Å². The summed E-state index contributed by atoms with van der Waals surface area (Å²) >= 11 is 7.93. The highest BCUT2D eigenvalue weighted by Crippen LogP contribution is 2.33. The molecule has 1 aliphatic heterocycles. The zero-order valence-corrected chi connectivity index (χ0v) is 13.5. The number of nitrogens with zero attached hydrogens (tertiary/aromatic N) is 4. The maximum absolute atomic E-state index is 6.22. The van der Waals surface area contributed by atoms with Gasteiger partial charge in [0.2, 0.25) is 0 Å². The molecule has 1 aromatic carbocycles. The Balaban J connectivity index is 1.52. The summed E-state index contributed by atoms with van der Waals surface area (Å²) in [6.45, 7) is 3.82. The predicted molar refractivity (Wildman–Crippen MR) is 93.3 cm³/mol. The Kier molecular flexibility index (Phi) is 3.60. The molecule has 0 unspecified atom stereocenters. The molecule has 2 aromatic heterocycles. The van der Waals surface area contributed by atoms with Crippen LogP contribution >= 0.6 is 22.9 Å². The molecule has 1 aliphatic rings. The van der Waals surface area contributed by atoms with Crippen LogP contribution < -0.4 is 9.80 Å². The predicted octanol–water partition coefficient (Wildman–Crippen LogP) is 3.67. The van der Waals surface area contributed by atoms with E-state index in [1.807, 2.05) is 30.5 Å². The molecule has 0 radical (unpaired) electrons. The number of hydrogen-bond acceptors (Lipinski definition) is 5. The molecule has 3 aromatic rings. The molecule has 1 fully saturated rings. The maximum Gasteiger partial charge on any atom is 0.186 e. The van der Waals surface area contributed by atoms with Crippen molar-refractivity contribution < 1.29 is 0 Å². The van der Waals surface area contributed by atoms with Crippen molar-refractivity contribution in [1.82, 2.24) is 9.97 Å². The van der Waals surface area contributed by atoms with Gasteiger partial charge in [-0.3, -0.25) is 0 Å². The fraction of sp³-hybridized carbons (Fsp3) is 0.250. The minimum Gasteiger partial charge on any atom is -0.353 e. The summed E-state index contributed by atoms with van der Waals surface area (Å²) in [6, 6.07) is 12.0. The molecule has 4 rings (SSSR count). The fourth-order valence-electron chi connectivity index (χ4n) is 2.71. The first kappa shape index (κ1) is 13.8. The summed E-state index contributed by atoms with van der Waals surface area (Å²) in [5.74, 6) is 1.05. The zero-order valence-electron chi connectivity index (χ0n) is 11.9. The highest BCUT2D eigenvalue weighted by molar-refractivity contribution is 7.22. The van der Waals surface area contributed by atoms with Crippen LogP contribution in [0, 0.1) is 0 Å². The topological polar surface area (TPSA) is 32.3 Å². The zero-order chi connectivity index (χ0) is 14.9. The number of benzene rings is 1. The van der Waals surface area contributed by atoms with Gasteiger partial charge in [-0.1, -0.05) is 35.1 Å². The lowest BCUT2D eigenvalue weighted by Gasteiger charge is -2.35. The smallest absolute Gasteiger partial charge is 0.186 e. The second-order valence-electron chi connectivity index (χ2n) is 5.25. The van der Waals surface area contributed by atoms with Crippen molar-refractivity contribution in [3.05, 3.63) is 47.6 Å². The van der Waals surface area contributed by atoms with Crippen molar-refractivity contribution in [2.24, 2.45) is 0 Å². The molecule has 112 valence electrons. The monoisotopic (exact) mass is 330 g/mol. The number of aromatic nitrogens is 2. The summed E-state index contributed by atoms with van der Waals surface area (Å²) in [7, 11) is 0. The lowest BCUT2D eigenvalue weighted by Crippen LogP contribution is -2.46. The van der Waals surface area contributed by atoms with E-state index in [1.165, 1.54) is 0 Å². The average molecular weight is 331 g/mol. The SMILES string of the molecule is Clc1cccc2sc(N3CCN(c4ccccn4)CC3)nc12. The van der Waals surface area contributed by atoms with Gasteiger partial charge in [0.1, 0.15) is 11.3 Å². The van der Waals surface area contributed by atoms with Crippen molar-refractivity contribution >= 4 is 44.1 Å². The molecule has 6 heteroatoms. The Hall–Kier alpha value is -1.85. The van der Waals surface area contributed by atoms with E-state index in [2.05, 4.69) is 26.9 Å². The Morgan fingerprint density at radius 1 is 0.955 bits per heavy atom. The minimum absolute atomic E-state index is 0.729. The van der Waals surface area contributed by atoms with E-state index in [9.17, 15) is 0 Å². The Labute approximate surface area is 138 Å². The summed E-state index contributed by atoms with van der Waals surface area (Å²) in [6.07, 6.45) is 1.84. The minimum atomic E-state index is 0.729. The van der Waals surface area contributed by atoms with Crippen LogP contribution in [0.4, 0.5) is 10.9 Å². The molecule has 0 atom stereocenters. The van der Waals surface area contributed by atoms with E-state index in [1.54, 1.807) is 11.3 Å². The lowest BCUT2D eigenvalue weighted by molar-refractivity contribution is 0.646. The summed E-state index contributed by atoms with van der Waals surface area (Å²) in [5.41, 5.74) is 0.913. The van der Waals surface area contributed by atoms with Gasteiger partial charge in [-0.15, -0.1) is 0 Å². The first-order chi connectivity index (χ1) is 10.8. The van der Waals surface area contributed by atoms with Crippen molar-refractivity contribution in [2.45, 2.75) is 0 Å². The second kappa shape index (κ2) is 5.74. The fourth-order valence-corrected chi connectivity index (χ4v) is 4.02. The number of anilines is 2. The number of halogens is 1. The number of fused-ring (bicyclic) bond motifs is 1. The number of hydrogen-bond donors (Lipinski definition) is 0. The quantitative estimate of drug-likeness (QED) is 0.717.